The third-order valence-corrected chi connectivity index (χ3v) is 6.31. The molecule has 0 aromatic heterocycles. The monoisotopic (exact) mass is 391 g/mol. The molecule has 1 N–H and O–H groups in total. The minimum absolute atomic E-state index is 0.0208. The molecular weight excluding hydrogens is 370 g/mol. The van der Waals surface area contributed by atoms with E-state index in [0.29, 0.717) is 5.56 Å². The molecule has 1 saturated heterocycles. The summed E-state index contributed by atoms with van der Waals surface area (Å²) in [6, 6.07) is 12.9. The second-order valence-electron chi connectivity index (χ2n) is 6.53. The van der Waals surface area contributed by atoms with Crippen molar-refractivity contribution in [2.75, 3.05) is 13.7 Å². The van der Waals surface area contributed by atoms with Crippen LogP contribution in [-0.4, -0.2) is 37.3 Å². The second-order valence-corrected chi connectivity index (χ2v) is 8.52. The maximum absolute atomic E-state index is 12.9. The Balaban J connectivity index is 1.83. The van der Waals surface area contributed by atoms with E-state index in [1.54, 1.807) is 19.2 Å². The van der Waals surface area contributed by atoms with Crippen LogP contribution < -0.4 is 4.72 Å². The largest absolute Gasteiger partial charge is 0.297 e. The highest BCUT2D eigenvalue weighted by Gasteiger charge is 2.43. The average molecular weight is 391 g/mol. The van der Waals surface area contributed by atoms with Crippen LogP contribution >= 0.6 is 0 Å². The van der Waals surface area contributed by atoms with Gasteiger partial charge in [0, 0.05) is 25.7 Å². The summed E-state index contributed by atoms with van der Waals surface area (Å²) in [5, 5.41) is 11.6. The lowest BCUT2D eigenvalue weighted by Crippen LogP contribution is -2.39. The Bertz CT molecular complexity index is 948. The number of aryl methyl sites for hydroxylation is 1. The quantitative estimate of drug-likeness (QED) is 0.599. The number of nitrogens with zero attached hydrogens (tertiary/aromatic N) is 2. The molecule has 0 spiro atoms. The summed E-state index contributed by atoms with van der Waals surface area (Å²) in [7, 11) is -2.10. The van der Waals surface area contributed by atoms with Crippen molar-refractivity contribution in [3.63, 3.8) is 0 Å². The van der Waals surface area contributed by atoms with E-state index in [4.69, 9.17) is 4.84 Å². The summed E-state index contributed by atoms with van der Waals surface area (Å²) in [6.07, 6.45) is 0. The lowest BCUT2D eigenvalue weighted by Gasteiger charge is -2.23. The van der Waals surface area contributed by atoms with Crippen molar-refractivity contribution in [3.8, 4) is 0 Å². The van der Waals surface area contributed by atoms with Crippen molar-refractivity contribution in [3.05, 3.63) is 75.3 Å². The number of nitro groups is 1. The highest BCUT2D eigenvalue weighted by atomic mass is 32.2. The van der Waals surface area contributed by atoms with E-state index < -0.39 is 26.2 Å². The molecule has 0 amide bonds. The van der Waals surface area contributed by atoms with Gasteiger partial charge in [0.2, 0.25) is 10.0 Å². The van der Waals surface area contributed by atoms with Crippen molar-refractivity contribution < 1.29 is 18.2 Å². The fraction of sp³-hybridized carbons (Fsp3) is 0.333. The number of hydrogen-bond donors (Lipinski definition) is 1. The smallest absolute Gasteiger partial charge is 0.269 e. The van der Waals surface area contributed by atoms with E-state index >= 15 is 0 Å². The third kappa shape index (κ3) is 4.33. The van der Waals surface area contributed by atoms with Gasteiger partial charge < -0.3 is 0 Å². The van der Waals surface area contributed by atoms with Gasteiger partial charge in [-0.25, -0.2) is 13.1 Å². The summed E-state index contributed by atoms with van der Waals surface area (Å²) in [6.45, 7) is 2.09. The van der Waals surface area contributed by atoms with Crippen molar-refractivity contribution >= 4 is 15.7 Å². The molecule has 1 aliphatic heterocycles. The number of hydrogen-bond acceptors (Lipinski definition) is 6. The van der Waals surface area contributed by atoms with Gasteiger partial charge in [0.15, 0.2) is 0 Å². The van der Waals surface area contributed by atoms with Crippen LogP contribution in [0.15, 0.2) is 48.5 Å². The van der Waals surface area contributed by atoms with Gasteiger partial charge in [0.1, 0.15) is 5.25 Å². The molecule has 2 atom stereocenters. The molecule has 0 radical (unpaired) electrons. The summed E-state index contributed by atoms with van der Waals surface area (Å²) in [4.78, 5) is 16.0. The van der Waals surface area contributed by atoms with Crippen LogP contribution in [0.3, 0.4) is 0 Å². The fourth-order valence-electron chi connectivity index (χ4n) is 3.22. The van der Waals surface area contributed by atoms with E-state index in [9.17, 15) is 18.5 Å². The number of nitrogens with one attached hydrogen (secondary N) is 1. The topological polar surface area (TPSA) is 102 Å². The number of rotatable bonds is 6. The number of benzene rings is 2. The summed E-state index contributed by atoms with van der Waals surface area (Å²) in [5.74, 6) is 0. The molecule has 9 heteroatoms. The van der Waals surface area contributed by atoms with Crippen molar-refractivity contribution in [2.24, 2.45) is 0 Å². The minimum atomic E-state index is -3.72. The van der Waals surface area contributed by atoms with Crippen molar-refractivity contribution in [2.45, 2.75) is 24.8 Å². The lowest BCUT2D eigenvalue weighted by molar-refractivity contribution is -0.385. The molecule has 3 rings (SSSR count). The molecule has 1 heterocycles. The van der Waals surface area contributed by atoms with Crippen LogP contribution in [0.2, 0.25) is 0 Å². The van der Waals surface area contributed by atoms with Crippen LogP contribution in [0.1, 0.15) is 22.7 Å². The summed E-state index contributed by atoms with van der Waals surface area (Å²) in [5.41, 5.74) is 2.34. The van der Waals surface area contributed by atoms with E-state index in [0.717, 1.165) is 11.1 Å². The molecular formula is C18H21N3O5S. The van der Waals surface area contributed by atoms with Crippen LogP contribution in [0.5, 0.6) is 0 Å². The molecule has 1 aliphatic rings. The number of hydroxylamine groups is 2. The van der Waals surface area contributed by atoms with Gasteiger partial charge in [-0.15, -0.1) is 0 Å². The zero-order chi connectivity index (χ0) is 19.6. The first-order valence-corrected chi connectivity index (χ1v) is 9.96. The maximum atomic E-state index is 12.9. The minimum Gasteiger partial charge on any atom is -0.297 e. The Morgan fingerprint density at radius 1 is 1.26 bits per heavy atom. The van der Waals surface area contributed by atoms with Gasteiger partial charge in [-0.2, -0.15) is 5.06 Å². The third-order valence-electron chi connectivity index (χ3n) is 4.57. The Labute approximate surface area is 157 Å². The number of sulfonamides is 1. The molecule has 144 valence electrons. The molecule has 0 bridgehead atoms. The molecule has 0 saturated carbocycles. The Morgan fingerprint density at radius 3 is 2.70 bits per heavy atom. The first-order chi connectivity index (χ1) is 12.8. The molecule has 0 aliphatic carbocycles. The van der Waals surface area contributed by atoms with Crippen molar-refractivity contribution in [1.82, 2.24) is 9.79 Å². The highest BCUT2D eigenvalue weighted by Crippen LogP contribution is 2.34. The standard InChI is InChI=1S/C18H21N3O5S/c1-13-5-3-6-14(9-13)11-19-27(24,25)17-12-26-20(2)18(17)15-7-4-8-16(10-15)21(22)23/h3-10,17-19H,11-12H2,1-2H3/t17-,18+/m1/s1. The highest BCUT2D eigenvalue weighted by molar-refractivity contribution is 7.90. The van der Waals surface area contributed by atoms with E-state index in [-0.39, 0.29) is 18.8 Å². The molecule has 27 heavy (non-hydrogen) atoms. The first-order valence-electron chi connectivity index (χ1n) is 8.42. The molecule has 8 nitrogen and oxygen atoms in total. The first kappa shape index (κ1) is 19.4. The van der Waals surface area contributed by atoms with Crippen molar-refractivity contribution in [1.29, 1.82) is 0 Å². The summed E-state index contributed by atoms with van der Waals surface area (Å²) < 4.78 is 28.4. The average Bonchev–Trinajstić information content (AvgIpc) is 3.03. The SMILES string of the molecule is Cc1cccc(CNS(=O)(=O)[C@@H]2CON(C)[C@H]2c2cccc([N+](=O)[O-])c2)c1. The maximum Gasteiger partial charge on any atom is 0.269 e. The second kappa shape index (κ2) is 7.73. The van der Waals surface area contributed by atoms with Gasteiger partial charge in [-0.3, -0.25) is 15.0 Å². The van der Waals surface area contributed by atoms with Crippen LogP contribution in [-0.2, 0) is 21.4 Å². The van der Waals surface area contributed by atoms with Crippen LogP contribution in [0, 0.1) is 17.0 Å². The zero-order valence-corrected chi connectivity index (χ0v) is 15.8. The predicted molar refractivity (Wildman–Crippen MR) is 100 cm³/mol. The molecule has 2 aromatic rings. The molecule has 2 aromatic carbocycles. The van der Waals surface area contributed by atoms with Gasteiger partial charge >= 0.3 is 0 Å². The van der Waals surface area contributed by atoms with Gasteiger partial charge in [0.05, 0.1) is 17.6 Å². The molecule has 0 unspecified atom stereocenters. The van der Waals surface area contributed by atoms with Gasteiger partial charge in [0.25, 0.3) is 5.69 Å². The van der Waals surface area contributed by atoms with Crippen LogP contribution in [0.4, 0.5) is 5.69 Å². The van der Waals surface area contributed by atoms with E-state index in [2.05, 4.69) is 4.72 Å². The molecule has 1 fully saturated rings. The number of non-ortho nitro benzene ring substituents is 1. The van der Waals surface area contributed by atoms with Gasteiger partial charge in [-0.05, 0) is 18.1 Å². The Kier molecular flexibility index (Phi) is 5.56. The zero-order valence-electron chi connectivity index (χ0n) is 15.0. The normalized spacial score (nSPS) is 20.7. The Hall–Kier alpha value is -2.33. The Morgan fingerprint density at radius 2 is 2.00 bits per heavy atom. The lowest BCUT2D eigenvalue weighted by atomic mass is 10.0. The van der Waals surface area contributed by atoms with Gasteiger partial charge in [-0.1, -0.05) is 42.0 Å². The van der Waals surface area contributed by atoms with E-state index in [1.165, 1.54) is 17.2 Å². The van der Waals surface area contributed by atoms with Crippen LogP contribution in [0.25, 0.3) is 0 Å². The predicted octanol–water partition coefficient (Wildman–Crippen LogP) is 2.31. The number of nitro benzene ring substituents is 1. The summed E-state index contributed by atoms with van der Waals surface area (Å²) >= 11 is 0. The van der Waals surface area contributed by atoms with E-state index in [1.807, 2.05) is 31.2 Å². The fourth-order valence-corrected chi connectivity index (χ4v) is 4.71.